The number of carbonyl (C=O) groups is 1. The summed E-state index contributed by atoms with van der Waals surface area (Å²) in [5, 5.41) is 6.40. The Balaban J connectivity index is 1.55. The molecule has 4 heterocycles. The van der Waals surface area contributed by atoms with Gasteiger partial charge in [-0.25, -0.2) is 0 Å². The minimum Gasteiger partial charge on any atom is -0.459 e. The van der Waals surface area contributed by atoms with Crippen molar-refractivity contribution in [1.29, 1.82) is 0 Å². The summed E-state index contributed by atoms with van der Waals surface area (Å²) in [6.45, 7) is 7.64. The highest BCUT2D eigenvalue weighted by atomic mass is 32.1. The topological polar surface area (TPSA) is 48.7 Å². The van der Waals surface area contributed by atoms with Crippen LogP contribution in [0.25, 0.3) is 0 Å². The van der Waals surface area contributed by atoms with Gasteiger partial charge in [-0.15, -0.1) is 22.7 Å². The van der Waals surface area contributed by atoms with Crippen LogP contribution in [-0.2, 0) is 12.8 Å². The number of nitrogens with zero attached hydrogens (tertiary/aromatic N) is 2. The van der Waals surface area contributed by atoms with E-state index >= 15 is 0 Å². The summed E-state index contributed by atoms with van der Waals surface area (Å²) >= 11 is 3.60. The molecule has 0 saturated carbocycles. The summed E-state index contributed by atoms with van der Waals surface area (Å²) in [5.74, 6) is 0.201. The van der Waals surface area contributed by atoms with E-state index in [0.29, 0.717) is 5.76 Å². The second-order valence-electron chi connectivity index (χ2n) is 8.27. The first-order valence-electron chi connectivity index (χ1n) is 11.2. The molecule has 7 heteroatoms. The highest BCUT2D eigenvalue weighted by molar-refractivity contribution is 7.16. The standard InChI is InChI=1S/C24H29N3O2S2/c1-2-26-11-13-27(14-12-26)22(20-10-6-16-30-20)21-17-7-3-4-9-19(17)31-24(21)25-23(28)18-8-5-15-29-18/h5-6,8,10,15-16,22H,2-4,7,9,11-14H2,1H3,(H,25,28)/t22-/m1/s1. The SMILES string of the molecule is CCN1CCN([C@H](c2cccs2)c2c(NC(=O)c3ccco3)sc3c2CCCC3)CC1. The minimum atomic E-state index is -0.162. The maximum Gasteiger partial charge on any atom is 0.291 e. The van der Waals surface area contributed by atoms with Crippen LogP contribution < -0.4 is 5.32 Å². The molecular weight excluding hydrogens is 426 g/mol. The zero-order valence-corrected chi connectivity index (χ0v) is 19.6. The van der Waals surface area contributed by atoms with Crippen molar-refractivity contribution in [3.63, 3.8) is 0 Å². The lowest BCUT2D eigenvalue weighted by Crippen LogP contribution is -2.47. The van der Waals surface area contributed by atoms with Crippen LogP contribution in [-0.4, -0.2) is 48.4 Å². The van der Waals surface area contributed by atoms with Crippen LogP contribution in [0, 0.1) is 0 Å². The number of piperazine rings is 1. The van der Waals surface area contributed by atoms with Crippen molar-refractivity contribution in [2.24, 2.45) is 0 Å². The number of aryl methyl sites for hydroxylation is 1. The van der Waals surface area contributed by atoms with Crippen LogP contribution in [0.2, 0.25) is 0 Å². The summed E-state index contributed by atoms with van der Waals surface area (Å²) in [4.78, 5) is 20.8. The maximum atomic E-state index is 12.9. The molecule has 1 saturated heterocycles. The largest absolute Gasteiger partial charge is 0.459 e. The van der Waals surface area contributed by atoms with E-state index in [1.54, 1.807) is 29.7 Å². The average molecular weight is 456 g/mol. The Hall–Kier alpha value is -1.93. The first-order chi connectivity index (χ1) is 15.2. The third kappa shape index (κ3) is 4.24. The van der Waals surface area contributed by atoms with Gasteiger partial charge in [0.05, 0.1) is 12.3 Å². The normalized spacial score (nSPS) is 18.6. The van der Waals surface area contributed by atoms with E-state index in [9.17, 15) is 4.79 Å². The quantitative estimate of drug-likeness (QED) is 0.551. The molecule has 31 heavy (non-hydrogen) atoms. The van der Waals surface area contributed by atoms with Gasteiger partial charge in [-0.2, -0.15) is 0 Å². The van der Waals surface area contributed by atoms with Gasteiger partial charge in [-0.3, -0.25) is 9.69 Å². The van der Waals surface area contributed by atoms with E-state index in [2.05, 4.69) is 39.6 Å². The van der Waals surface area contributed by atoms with E-state index in [1.165, 1.54) is 33.7 Å². The van der Waals surface area contributed by atoms with Gasteiger partial charge in [0.15, 0.2) is 5.76 Å². The molecule has 0 aromatic carbocycles. The fourth-order valence-electron chi connectivity index (χ4n) is 4.83. The molecule has 0 radical (unpaired) electrons. The molecule has 5 rings (SSSR count). The molecule has 1 N–H and O–H groups in total. The van der Waals surface area contributed by atoms with Crippen LogP contribution in [0.5, 0.6) is 0 Å². The molecule has 1 atom stereocenters. The number of likely N-dealkylation sites (N-methyl/N-ethyl adjacent to an activating group) is 1. The van der Waals surface area contributed by atoms with Crippen LogP contribution in [0.4, 0.5) is 5.00 Å². The third-order valence-corrected chi connectivity index (χ3v) is 8.64. The minimum absolute atomic E-state index is 0.162. The molecule has 1 fully saturated rings. The lowest BCUT2D eigenvalue weighted by Gasteiger charge is -2.39. The Morgan fingerprint density at radius 3 is 2.71 bits per heavy atom. The van der Waals surface area contributed by atoms with Crippen LogP contribution in [0.3, 0.4) is 0 Å². The Morgan fingerprint density at radius 1 is 1.16 bits per heavy atom. The van der Waals surface area contributed by atoms with Gasteiger partial charge in [-0.05, 0) is 61.4 Å². The van der Waals surface area contributed by atoms with Crippen molar-refractivity contribution in [3.8, 4) is 0 Å². The van der Waals surface area contributed by atoms with Crippen molar-refractivity contribution >= 4 is 33.6 Å². The van der Waals surface area contributed by atoms with Crippen molar-refractivity contribution in [2.45, 2.75) is 38.6 Å². The van der Waals surface area contributed by atoms with Crippen LogP contribution >= 0.6 is 22.7 Å². The summed E-state index contributed by atoms with van der Waals surface area (Å²) in [6.07, 6.45) is 6.23. The lowest BCUT2D eigenvalue weighted by atomic mass is 9.91. The summed E-state index contributed by atoms with van der Waals surface area (Å²) in [5.41, 5.74) is 2.80. The molecule has 1 amide bonds. The van der Waals surface area contributed by atoms with Gasteiger partial charge in [0, 0.05) is 41.5 Å². The fourth-order valence-corrected chi connectivity index (χ4v) is 7.02. The number of hydrogen-bond donors (Lipinski definition) is 1. The van der Waals surface area contributed by atoms with Crippen LogP contribution in [0.15, 0.2) is 40.3 Å². The number of thiophene rings is 2. The van der Waals surface area contributed by atoms with Crippen molar-refractivity contribution in [1.82, 2.24) is 9.80 Å². The van der Waals surface area contributed by atoms with Gasteiger partial charge in [0.1, 0.15) is 5.00 Å². The smallest absolute Gasteiger partial charge is 0.291 e. The molecule has 1 aliphatic carbocycles. The Labute approximate surface area is 191 Å². The predicted molar refractivity (Wildman–Crippen MR) is 127 cm³/mol. The zero-order chi connectivity index (χ0) is 21.2. The van der Waals surface area contributed by atoms with Gasteiger partial charge in [-0.1, -0.05) is 13.0 Å². The molecule has 0 bridgehead atoms. The molecule has 5 nitrogen and oxygen atoms in total. The van der Waals surface area contributed by atoms with E-state index in [0.717, 1.165) is 50.6 Å². The predicted octanol–water partition coefficient (Wildman–Crippen LogP) is 5.26. The first-order valence-corrected chi connectivity index (χ1v) is 12.9. The molecule has 3 aromatic rings. The molecule has 2 aliphatic rings. The van der Waals surface area contributed by atoms with Gasteiger partial charge < -0.3 is 14.6 Å². The van der Waals surface area contributed by atoms with E-state index in [-0.39, 0.29) is 11.9 Å². The first kappa shape index (κ1) is 20.9. The summed E-state index contributed by atoms with van der Waals surface area (Å²) in [6, 6.07) is 8.09. The molecule has 3 aromatic heterocycles. The van der Waals surface area contributed by atoms with E-state index in [1.807, 2.05) is 11.3 Å². The second-order valence-corrected chi connectivity index (χ2v) is 10.4. The highest BCUT2D eigenvalue weighted by Gasteiger charge is 2.34. The molecule has 0 unspecified atom stereocenters. The van der Waals surface area contributed by atoms with Gasteiger partial charge >= 0.3 is 0 Å². The summed E-state index contributed by atoms with van der Waals surface area (Å²) < 4.78 is 5.36. The Bertz CT molecular complexity index is 1000. The van der Waals surface area contributed by atoms with E-state index < -0.39 is 0 Å². The molecule has 0 spiro atoms. The van der Waals surface area contributed by atoms with Crippen LogP contribution in [0.1, 0.15) is 57.2 Å². The van der Waals surface area contributed by atoms with E-state index in [4.69, 9.17) is 4.42 Å². The zero-order valence-electron chi connectivity index (χ0n) is 17.9. The number of amides is 1. The average Bonchev–Trinajstić information content (AvgIpc) is 3.57. The lowest BCUT2D eigenvalue weighted by molar-refractivity contribution is 0.0996. The molecule has 164 valence electrons. The van der Waals surface area contributed by atoms with Crippen molar-refractivity contribution in [2.75, 3.05) is 38.0 Å². The fraction of sp³-hybridized carbons (Fsp3) is 0.458. The molecular formula is C24H29N3O2S2. The summed E-state index contributed by atoms with van der Waals surface area (Å²) in [7, 11) is 0. The van der Waals surface area contributed by atoms with Gasteiger partial charge in [0.2, 0.25) is 0 Å². The van der Waals surface area contributed by atoms with Gasteiger partial charge in [0.25, 0.3) is 5.91 Å². The number of fused-ring (bicyclic) bond motifs is 1. The maximum absolute atomic E-state index is 12.9. The number of hydrogen-bond acceptors (Lipinski definition) is 6. The number of anilines is 1. The number of nitrogens with one attached hydrogen (secondary N) is 1. The highest BCUT2D eigenvalue weighted by Crippen LogP contribution is 2.46. The van der Waals surface area contributed by atoms with Crippen molar-refractivity contribution in [3.05, 3.63) is 62.6 Å². The Kier molecular flexibility index (Phi) is 6.27. The third-order valence-electron chi connectivity index (χ3n) is 6.49. The Morgan fingerprint density at radius 2 is 2.00 bits per heavy atom. The second kappa shape index (κ2) is 9.28. The molecule has 1 aliphatic heterocycles. The number of furan rings is 1. The monoisotopic (exact) mass is 455 g/mol. The number of rotatable bonds is 6. The number of carbonyl (C=O) groups excluding carboxylic acids is 1. The van der Waals surface area contributed by atoms with Crippen molar-refractivity contribution < 1.29 is 9.21 Å².